The quantitative estimate of drug-likeness (QED) is 0.244. The van der Waals surface area contributed by atoms with Crippen molar-refractivity contribution in [2.75, 3.05) is 6.54 Å². The zero-order valence-corrected chi connectivity index (χ0v) is 18.6. The number of aromatic nitrogens is 2. The van der Waals surface area contributed by atoms with Crippen molar-refractivity contribution in [3.8, 4) is 0 Å². The van der Waals surface area contributed by atoms with Crippen LogP contribution in [-0.2, 0) is 32.0 Å². The topological polar surface area (TPSA) is 179 Å². The number of benzene rings is 1. The fourth-order valence-electron chi connectivity index (χ4n) is 3.10. The number of nitrogens with zero attached hydrogens (tertiary/aromatic N) is 1. The van der Waals surface area contributed by atoms with E-state index in [1.54, 1.807) is 44.3 Å². The van der Waals surface area contributed by atoms with E-state index < -0.39 is 41.8 Å². The van der Waals surface area contributed by atoms with Crippen molar-refractivity contribution >= 4 is 23.7 Å². The Labute approximate surface area is 191 Å². The first kappa shape index (κ1) is 25.5. The van der Waals surface area contributed by atoms with Crippen LogP contribution >= 0.6 is 0 Å². The second-order valence-electron chi connectivity index (χ2n) is 7.98. The highest BCUT2D eigenvalue weighted by Gasteiger charge is 2.29. The molecule has 0 aliphatic carbocycles. The Morgan fingerprint density at radius 2 is 1.76 bits per heavy atom. The van der Waals surface area contributed by atoms with E-state index >= 15 is 0 Å². The Morgan fingerprint density at radius 3 is 2.33 bits per heavy atom. The summed E-state index contributed by atoms with van der Waals surface area (Å²) in [6.07, 6.45) is 3.35. The number of amides is 3. The van der Waals surface area contributed by atoms with E-state index in [2.05, 4.69) is 25.9 Å². The van der Waals surface area contributed by atoms with Crippen LogP contribution in [0.5, 0.6) is 0 Å². The lowest BCUT2D eigenvalue weighted by Crippen LogP contribution is -2.56. The predicted molar refractivity (Wildman–Crippen MR) is 120 cm³/mol. The van der Waals surface area contributed by atoms with Crippen LogP contribution in [-0.4, -0.2) is 63.4 Å². The molecular formula is C22H30N6O5. The Bertz CT molecular complexity index is 932. The Balaban J connectivity index is 1.89. The molecule has 1 aromatic heterocycles. The number of aromatic amines is 1. The van der Waals surface area contributed by atoms with Crippen LogP contribution in [0.3, 0.4) is 0 Å². The van der Waals surface area contributed by atoms with Crippen molar-refractivity contribution in [3.63, 3.8) is 0 Å². The van der Waals surface area contributed by atoms with Crippen molar-refractivity contribution in [1.29, 1.82) is 0 Å². The van der Waals surface area contributed by atoms with Gasteiger partial charge in [-0.25, -0.2) is 9.78 Å². The number of nitrogens with one attached hydrogen (secondary N) is 4. The lowest BCUT2D eigenvalue weighted by atomic mass is 10.0. The van der Waals surface area contributed by atoms with Gasteiger partial charge in [0.1, 0.15) is 12.1 Å². The van der Waals surface area contributed by atoms with Gasteiger partial charge in [0, 0.05) is 24.7 Å². The average Bonchev–Trinajstić information content (AvgIpc) is 3.28. The number of carboxylic acids is 1. The molecule has 0 spiro atoms. The molecule has 3 unspecified atom stereocenters. The Morgan fingerprint density at radius 1 is 1.06 bits per heavy atom. The first-order valence-electron chi connectivity index (χ1n) is 10.5. The molecule has 33 heavy (non-hydrogen) atoms. The van der Waals surface area contributed by atoms with Gasteiger partial charge in [0.05, 0.1) is 18.9 Å². The van der Waals surface area contributed by atoms with Crippen LogP contribution in [0.15, 0.2) is 42.9 Å². The van der Waals surface area contributed by atoms with Crippen molar-refractivity contribution < 1.29 is 24.3 Å². The number of hydrogen-bond donors (Lipinski definition) is 6. The molecule has 0 fully saturated rings. The zero-order valence-electron chi connectivity index (χ0n) is 18.6. The van der Waals surface area contributed by atoms with E-state index in [1.807, 2.05) is 6.07 Å². The van der Waals surface area contributed by atoms with Gasteiger partial charge in [-0.1, -0.05) is 44.2 Å². The summed E-state index contributed by atoms with van der Waals surface area (Å²) in [7, 11) is 0. The summed E-state index contributed by atoms with van der Waals surface area (Å²) in [6.45, 7) is 3.06. The normalized spacial score (nSPS) is 13.6. The molecular weight excluding hydrogens is 428 g/mol. The SMILES string of the molecule is CC(C)C(NC(=O)CNC(=O)C(N)Cc1cnc[nH]1)C(=O)NC(Cc1ccccc1)C(=O)O. The molecule has 0 aliphatic rings. The largest absolute Gasteiger partial charge is 0.480 e. The number of carboxylic acid groups (broad SMARTS) is 1. The molecule has 0 bridgehead atoms. The van der Waals surface area contributed by atoms with E-state index in [0.717, 1.165) is 5.56 Å². The van der Waals surface area contributed by atoms with Gasteiger partial charge in [0.2, 0.25) is 17.7 Å². The molecule has 0 saturated carbocycles. The monoisotopic (exact) mass is 458 g/mol. The highest BCUT2D eigenvalue weighted by atomic mass is 16.4. The molecule has 3 amide bonds. The third-order valence-electron chi connectivity index (χ3n) is 4.92. The second-order valence-corrected chi connectivity index (χ2v) is 7.98. The fourth-order valence-corrected chi connectivity index (χ4v) is 3.10. The summed E-state index contributed by atoms with van der Waals surface area (Å²) < 4.78 is 0. The third-order valence-corrected chi connectivity index (χ3v) is 4.92. The van der Waals surface area contributed by atoms with Crippen molar-refractivity contribution in [2.45, 2.75) is 44.8 Å². The molecule has 2 aromatic rings. The first-order valence-corrected chi connectivity index (χ1v) is 10.5. The number of hydrogen-bond acceptors (Lipinski definition) is 6. The van der Waals surface area contributed by atoms with E-state index in [1.165, 1.54) is 6.33 Å². The summed E-state index contributed by atoms with van der Waals surface area (Å²) in [5, 5.41) is 17.0. The number of imidazole rings is 1. The summed E-state index contributed by atoms with van der Waals surface area (Å²) in [5.74, 6) is -3.25. The van der Waals surface area contributed by atoms with Gasteiger partial charge >= 0.3 is 5.97 Å². The molecule has 11 heteroatoms. The maximum Gasteiger partial charge on any atom is 0.326 e. The maximum atomic E-state index is 12.7. The standard InChI is InChI=1S/C22H30N6O5/c1-13(2)19(21(31)27-17(22(32)33)8-14-6-4-3-5-7-14)28-18(29)11-25-20(30)16(23)9-15-10-24-12-26-15/h3-7,10,12-13,16-17,19H,8-9,11,23H2,1-2H3,(H,24,26)(H,25,30)(H,27,31)(H,28,29)(H,32,33). The van der Waals surface area contributed by atoms with Gasteiger partial charge in [0.15, 0.2) is 0 Å². The summed E-state index contributed by atoms with van der Waals surface area (Å²) in [4.78, 5) is 55.5. The van der Waals surface area contributed by atoms with Gasteiger partial charge in [-0.2, -0.15) is 0 Å². The first-order chi connectivity index (χ1) is 15.7. The predicted octanol–water partition coefficient (Wildman–Crippen LogP) is -0.651. The van der Waals surface area contributed by atoms with Crippen LogP contribution in [0.2, 0.25) is 0 Å². The minimum atomic E-state index is -1.18. The van der Waals surface area contributed by atoms with E-state index in [9.17, 15) is 24.3 Å². The molecule has 178 valence electrons. The zero-order chi connectivity index (χ0) is 24.4. The van der Waals surface area contributed by atoms with Crippen LogP contribution < -0.4 is 21.7 Å². The number of aliphatic carboxylic acids is 1. The van der Waals surface area contributed by atoms with Crippen molar-refractivity contribution in [3.05, 3.63) is 54.1 Å². The van der Waals surface area contributed by atoms with Crippen LogP contribution in [0.4, 0.5) is 0 Å². The summed E-state index contributed by atoms with van der Waals surface area (Å²) in [6, 6.07) is 5.89. The molecule has 1 heterocycles. The van der Waals surface area contributed by atoms with E-state index in [0.29, 0.717) is 5.69 Å². The second kappa shape index (κ2) is 12.3. The lowest BCUT2D eigenvalue weighted by molar-refractivity contribution is -0.142. The highest BCUT2D eigenvalue weighted by Crippen LogP contribution is 2.07. The van der Waals surface area contributed by atoms with Crippen molar-refractivity contribution in [1.82, 2.24) is 25.9 Å². The van der Waals surface area contributed by atoms with Crippen LogP contribution in [0.1, 0.15) is 25.1 Å². The number of H-pyrrole nitrogens is 1. The number of carbonyl (C=O) groups is 4. The lowest BCUT2D eigenvalue weighted by Gasteiger charge is -2.24. The minimum Gasteiger partial charge on any atom is -0.480 e. The molecule has 0 aliphatic heterocycles. The maximum absolute atomic E-state index is 12.7. The minimum absolute atomic E-state index is 0.102. The molecule has 0 radical (unpaired) electrons. The molecule has 0 saturated heterocycles. The molecule has 7 N–H and O–H groups in total. The third kappa shape index (κ3) is 8.37. The molecule has 3 atom stereocenters. The van der Waals surface area contributed by atoms with E-state index in [-0.39, 0.29) is 25.3 Å². The van der Waals surface area contributed by atoms with Crippen LogP contribution in [0, 0.1) is 5.92 Å². The number of carbonyl (C=O) groups excluding carboxylic acids is 3. The van der Waals surface area contributed by atoms with Gasteiger partial charge in [-0.05, 0) is 11.5 Å². The fraction of sp³-hybridized carbons (Fsp3) is 0.409. The summed E-state index contributed by atoms with van der Waals surface area (Å²) >= 11 is 0. The van der Waals surface area contributed by atoms with Gasteiger partial charge in [-0.15, -0.1) is 0 Å². The molecule has 2 rings (SSSR count). The Kier molecular flexibility index (Phi) is 9.55. The number of rotatable bonds is 12. The molecule has 11 nitrogen and oxygen atoms in total. The van der Waals surface area contributed by atoms with Crippen LogP contribution in [0.25, 0.3) is 0 Å². The van der Waals surface area contributed by atoms with Gasteiger partial charge in [-0.3, -0.25) is 14.4 Å². The van der Waals surface area contributed by atoms with E-state index in [4.69, 9.17) is 5.73 Å². The summed E-state index contributed by atoms with van der Waals surface area (Å²) in [5.41, 5.74) is 7.26. The van der Waals surface area contributed by atoms with Gasteiger partial charge in [0.25, 0.3) is 0 Å². The van der Waals surface area contributed by atoms with Crippen molar-refractivity contribution in [2.24, 2.45) is 11.7 Å². The smallest absolute Gasteiger partial charge is 0.326 e. The average molecular weight is 459 g/mol. The highest BCUT2D eigenvalue weighted by molar-refractivity contribution is 5.92. The van der Waals surface area contributed by atoms with Gasteiger partial charge < -0.3 is 31.8 Å². The number of nitrogens with two attached hydrogens (primary N) is 1. The Hall–Kier alpha value is -3.73. The molecule has 1 aromatic carbocycles.